The molecule has 0 bridgehead atoms. The van der Waals surface area contributed by atoms with Crippen molar-refractivity contribution in [2.75, 3.05) is 7.05 Å². The van der Waals surface area contributed by atoms with Gasteiger partial charge in [0.25, 0.3) is 0 Å². The Morgan fingerprint density at radius 1 is 1.32 bits per heavy atom. The van der Waals surface area contributed by atoms with Crippen LogP contribution in [0.25, 0.3) is 11.0 Å². The lowest BCUT2D eigenvalue weighted by Gasteiger charge is -2.16. The fraction of sp³-hybridized carbons (Fsp3) is 0.375. The second kappa shape index (κ2) is 7.62. The van der Waals surface area contributed by atoms with Crippen LogP contribution in [-0.4, -0.2) is 28.6 Å². The van der Waals surface area contributed by atoms with Gasteiger partial charge in [0, 0.05) is 20.1 Å². The van der Waals surface area contributed by atoms with Gasteiger partial charge in [-0.2, -0.15) is 0 Å². The number of para-hydroxylation sites is 2. The van der Waals surface area contributed by atoms with Crippen LogP contribution in [0.5, 0.6) is 0 Å². The molecular weight excluding hydrogens is 389 g/mol. The lowest BCUT2D eigenvalue weighted by Crippen LogP contribution is -2.42. The van der Waals surface area contributed by atoms with Crippen LogP contribution in [0.3, 0.4) is 0 Å². The molecule has 0 saturated carbocycles. The summed E-state index contributed by atoms with van der Waals surface area (Å²) in [5, 5.41) is 6.77. The minimum atomic E-state index is 0. The van der Waals surface area contributed by atoms with Crippen molar-refractivity contribution in [3.05, 3.63) is 42.2 Å². The predicted octanol–water partition coefficient (Wildman–Crippen LogP) is 2.57. The van der Waals surface area contributed by atoms with Crippen molar-refractivity contribution in [3.63, 3.8) is 0 Å². The van der Waals surface area contributed by atoms with E-state index in [0.29, 0.717) is 12.6 Å². The Kier molecular flexibility index (Phi) is 5.82. The smallest absolute Gasteiger partial charge is 0.191 e. The van der Waals surface area contributed by atoms with Gasteiger partial charge in [0.1, 0.15) is 5.82 Å². The number of nitrogens with one attached hydrogen (secondary N) is 2. The first kappa shape index (κ1) is 16.8. The highest BCUT2D eigenvalue weighted by Gasteiger charge is 2.12. The Morgan fingerprint density at radius 3 is 2.73 bits per heavy atom. The Balaban J connectivity index is 0.00000176. The molecule has 5 nitrogen and oxygen atoms in total. The van der Waals surface area contributed by atoms with Gasteiger partial charge in [0.2, 0.25) is 0 Å². The highest BCUT2D eigenvalue weighted by atomic mass is 127. The van der Waals surface area contributed by atoms with E-state index in [4.69, 9.17) is 0 Å². The van der Waals surface area contributed by atoms with Crippen LogP contribution >= 0.6 is 24.0 Å². The number of imidazole rings is 1. The van der Waals surface area contributed by atoms with Crippen molar-refractivity contribution >= 4 is 41.0 Å². The Labute approximate surface area is 147 Å². The zero-order valence-corrected chi connectivity index (χ0v) is 15.2. The molecule has 1 aliphatic rings. The molecule has 1 aromatic carbocycles. The van der Waals surface area contributed by atoms with Crippen LogP contribution in [0.2, 0.25) is 0 Å². The molecule has 2 aromatic rings. The Bertz CT molecular complexity index is 681. The third kappa shape index (κ3) is 3.60. The Morgan fingerprint density at radius 2 is 2.05 bits per heavy atom. The first-order chi connectivity index (χ1) is 10.3. The summed E-state index contributed by atoms with van der Waals surface area (Å²) in [5.41, 5.74) is 2.18. The second-order valence-corrected chi connectivity index (χ2v) is 5.29. The van der Waals surface area contributed by atoms with Crippen LogP contribution in [0.15, 0.2) is 41.4 Å². The average Bonchev–Trinajstić information content (AvgIpc) is 3.12. The number of fused-ring (bicyclic) bond motifs is 1. The number of aliphatic imine (C=N–C) groups is 1. The Hall–Kier alpha value is -1.57. The zero-order chi connectivity index (χ0) is 14.7. The first-order valence-corrected chi connectivity index (χ1v) is 7.30. The summed E-state index contributed by atoms with van der Waals surface area (Å²) in [6.07, 6.45) is 6.53. The van der Waals surface area contributed by atoms with E-state index in [1.54, 1.807) is 7.05 Å². The van der Waals surface area contributed by atoms with Gasteiger partial charge in [-0.05, 0) is 25.0 Å². The zero-order valence-electron chi connectivity index (χ0n) is 12.9. The molecule has 1 aliphatic carbocycles. The maximum atomic E-state index is 4.66. The second-order valence-electron chi connectivity index (χ2n) is 5.29. The van der Waals surface area contributed by atoms with E-state index in [-0.39, 0.29) is 24.0 Å². The fourth-order valence-electron chi connectivity index (χ4n) is 2.64. The van der Waals surface area contributed by atoms with Gasteiger partial charge in [-0.3, -0.25) is 4.99 Å². The number of rotatable bonds is 3. The summed E-state index contributed by atoms with van der Waals surface area (Å²) in [5.74, 6) is 1.83. The van der Waals surface area contributed by atoms with Crippen molar-refractivity contribution in [1.82, 2.24) is 20.2 Å². The number of hydrogen-bond donors (Lipinski definition) is 2. The van der Waals surface area contributed by atoms with E-state index in [9.17, 15) is 0 Å². The van der Waals surface area contributed by atoms with E-state index in [1.807, 2.05) is 25.2 Å². The van der Waals surface area contributed by atoms with E-state index >= 15 is 0 Å². The molecular formula is C16H22IN5. The summed E-state index contributed by atoms with van der Waals surface area (Å²) in [4.78, 5) is 8.94. The molecule has 1 heterocycles. The number of benzene rings is 1. The summed E-state index contributed by atoms with van der Waals surface area (Å²) >= 11 is 0. The van der Waals surface area contributed by atoms with Gasteiger partial charge in [-0.15, -0.1) is 24.0 Å². The van der Waals surface area contributed by atoms with Gasteiger partial charge in [0.05, 0.1) is 17.6 Å². The molecule has 6 heteroatoms. The van der Waals surface area contributed by atoms with Crippen molar-refractivity contribution in [3.8, 4) is 0 Å². The van der Waals surface area contributed by atoms with Gasteiger partial charge in [0.15, 0.2) is 5.96 Å². The molecule has 1 aromatic heterocycles. The minimum Gasteiger partial charge on any atom is -0.353 e. The van der Waals surface area contributed by atoms with Gasteiger partial charge in [-0.1, -0.05) is 24.3 Å². The molecule has 0 unspecified atom stereocenters. The van der Waals surface area contributed by atoms with Crippen molar-refractivity contribution in [2.45, 2.75) is 25.4 Å². The minimum absolute atomic E-state index is 0. The first-order valence-electron chi connectivity index (χ1n) is 7.30. The average molecular weight is 411 g/mol. The molecule has 22 heavy (non-hydrogen) atoms. The van der Waals surface area contributed by atoms with E-state index in [0.717, 1.165) is 35.7 Å². The van der Waals surface area contributed by atoms with Crippen molar-refractivity contribution in [1.29, 1.82) is 0 Å². The molecule has 3 rings (SSSR count). The molecule has 0 atom stereocenters. The number of hydrogen-bond acceptors (Lipinski definition) is 2. The van der Waals surface area contributed by atoms with Crippen molar-refractivity contribution < 1.29 is 0 Å². The number of aryl methyl sites for hydroxylation is 1. The van der Waals surface area contributed by atoms with Crippen LogP contribution in [0.1, 0.15) is 18.7 Å². The summed E-state index contributed by atoms with van der Waals surface area (Å²) in [6.45, 7) is 0.658. The summed E-state index contributed by atoms with van der Waals surface area (Å²) in [6, 6.07) is 8.63. The maximum Gasteiger partial charge on any atom is 0.191 e. The van der Waals surface area contributed by atoms with E-state index in [1.165, 1.54) is 0 Å². The highest BCUT2D eigenvalue weighted by molar-refractivity contribution is 14.0. The van der Waals surface area contributed by atoms with Gasteiger partial charge in [-0.25, -0.2) is 4.98 Å². The largest absolute Gasteiger partial charge is 0.353 e. The van der Waals surface area contributed by atoms with Gasteiger partial charge >= 0.3 is 0 Å². The number of aromatic nitrogens is 2. The number of guanidine groups is 1. The highest BCUT2D eigenvalue weighted by Crippen LogP contribution is 2.14. The molecule has 0 aliphatic heterocycles. The normalized spacial score (nSPS) is 15.1. The monoisotopic (exact) mass is 411 g/mol. The fourth-order valence-corrected chi connectivity index (χ4v) is 2.64. The lowest BCUT2D eigenvalue weighted by molar-refractivity contribution is 0.627. The number of halogens is 1. The summed E-state index contributed by atoms with van der Waals surface area (Å²) in [7, 11) is 3.84. The van der Waals surface area contributed by atoms with Crippen molar-refractivity contribution in [2.24, 2.45) is 12.0 Å². The van der Waals surface area contributed by atoms with Crippen LogP contribution in [0.4, 0.5) is 0 Å². The molecule has 0 fully saturated rings. The SMILES string of the molecule is CN=C(NCc1nc2ccccc2n1C)NC1CC=CC1.I. The number of nitrogens with zero attached hydrogens (tertiary/aromatic N) is 3. The van der Waals surface area contributed by atoms with Crippen LogP contribution in [0, 0.1) is 0 Å². The predicted molar refractivity (Wildman–Crippen MR) is 102 cm³/mol. The molecule has 0 saturated heterocycles. The van der Waals surface area contributed by atoms with Crippen LogP contribution < -0.4 is 10.6 Å². The molecule has 0 spiro atoms. The molecule has 0 amide bonds. The van der Waals surface area contributed by atoms with E-state index in [2.05, 4.69) is 43.4 Å². The van der Waals surface area contributed by atoms with Crippen LogP contribution in [-0.2, 0) is 13.6 Å². The lowest BCUT2D eigenvalue weighted by atomic mass is 10.2. The topological polar surface area (TPSA) is 54.2 Å². The van der Waals surface area contributed by atoms with E-state index < -0.39 is 0 Å². The summed E-state index contributed by atoms with van der Waals surface area (Å²) < 4.78 is 2.12. The molecule has 118 valence electrons. The van der Waals surface area contributed by atoms with Gasteiger partial charge < -0.3 is 15.2 Å². The standard InChI is InChI=1S/C16H21N5.HI/c1-17-16(19-12-7-3-4-8-12)18-11-15-20-13-9-5-6-10-14(13)21(15)2;/h3-6,9-10,12H,7-8,11H2,1-2H3,(H2,17,18,19);1H. The molecule has 0 radical (unpaired) electrons. The third-order valence-corrected chi connectivity index (χ3v) is 3.87. The quantitative estimate of drug-likeness (QED) is 0.353. The molecule has 2 N–H and O–H groups in total. The third-order valence-electron chi connectivity index (χ3n) is 3.87. The maximum absolute atomic E-state index is 4.66.